The van der Waals surface area contributed by atoms with Gasteiger partial charge in [-0.1, -0.05) is 11.6 Å². The molecular formula is C10H6Br3ClN2S. The van der Waals surface area contributed by atoms with E-state index in [-0.39, 0.29) is 0 Å². The number of halogens is 4. The number of hydrogen-bond donors (Lipinski definition) is 1. The third kappa shape index (κ3) is 3.67. The zero-order valence-electron chi connectivity index (χ0n) is 8.31. The lowest BCUT2D eigenvalue weighted by Crippen LogP contribution is -1.97. The molecule has 2 nitrogen and oxygen atoms in total. The van der Waals surface area contributed by atoms with Crippen LogP contribution in [0.25, 0.3) is 0 Å². The summed E-state index contributed by atoms with van der Waals surface area (Å²) >= 11 is 17.8. The molecule has 0 atom stereocenters. The third-order valence-corrected chi connectivity index (χ3v) is 6.35. The predicted molar refractivity (Wildman–Crippen MR) is 84.0 cm³/mol. The largest absolute Gasteiger partial charge is 0.379 e. The van der Waals surface area contributed by atoms with E-state index in [2.05, 4.69) is 64.2 Å². The van der Waals surface area contributed by atoms with Crippen molar-refractivity contribution < 1.29 is 0 Å². The molecule has 0 radical (unpaired) electrons. The summed E-state index contributed by atoms with van der Waals surface area (Å²) in [4.78, 5) is 5.29. The average molecular weight is 461 g/mol. The monoisotopic (exact) mass is 458 g/mol. The Hall–Kier alpha value is 0.380. The van der Waals surface area contributed by atoms with Crippen LogP contribution in [0.2, 0.25) is 5.15 Å². The van der Waals surface area contributed by atoms with Crippen LogP contribution in [0.15, 0.2) is 31.1 Å². The first-order valence-electron chi connectivity index (χ1n) is 4.55. The van der Waals surface area contributed by atoms with Crippen LogP contribution in [0.4, 0.5) is 5.69 Å². The molecule has 0 aromatic carbocycles. The van der Waals surface area contributed by atoms with Crippen LogP contribution in [-0.4, -0.2) is 4.98 Å². The Labute approximate surface area is 133 Å². The van der Waals surface area contributed by atoms with Crippen molar-refractivity contribution in [1.29, 1.82) is 0 Å². The van der Waals surface area contributed by atoms with Gasteiger partial charge in [0.25, 0.3) is 0 Å². The van der Waals surface area contributed by atoms with Crippen molar-refractivity contribution in [3.8, 4) is 0 Å². The number of hydrogen-bond acceptors (Lipinski definition) is 3. The van der Waals surface area contributed by atoms with E-state index >= 15 is 0 Å². The highest BCUT2D eigenvalue weighted by molar-refractivity contribution is 9.13. The zero-order valence-corrected chi connectivity index (χ0v) is 14.6. The van der Waals surface area contributed by atoms with Crippen molar-refractivity contribution in [1.82, 2.24) is 4.98 Å². The van der Waals surface area contributed by atoms with Crippen LogP contribution in [0.5, 0.6) is 0 Å². The Morgan fingerprint density at radius 2 is 2.00 bits per heavy atom. The number of rotatable bonds is 3. The van der Waals surface area contributed by atoms with Gasteiger partial charge in [-0.15, -0.1) is 11.3 Å². The van der Waals surface area contributed by atoms with E-state index in [4.69, 9.17) is 11.6 Å². The van der Waals surface area contributed by atoms with E-state index in [1.165, 1.54) is 4.88 Å². The molecule has 0 bridgehead atoms. The molecule has 0 saturated heterocycles. The first kappa shape index (κ1) is 13.8. The second kappa shape index (κ2) is 6.02. The van der Waals surface area contributed by atoms with Crippen LogP contribution in [0.1, 0.15) is 4.88 Å². The number of aromatic nitrogens is 1. The molecule has 0 amide bonds. The molecule has 0 unspecified atom stereocenters. The predicted octanol–water partition coefficient (Wildman–Crippen LogP) is 5.70. The Balaban J connectivity index is 2.04. The molecule has 0 aliphatic heterocycles. The zero-order chi connectivity index (χ0) is 12.4. The van der Waals surface area contributed by atoms with Gasteiger partial charge in [0.15, 0.2) is 0 Å². The van der Waals surface area contributed by atoms with Gasteiger partial charge in [0.2, 0.25) is 0 Å². The maximum atomic E-state index is 5.83. The number of nitrogens with one attached hydrogen (secondary N) is 1. The molecule has 0 saturated carbocycles. The van der Waals surface area contributed by atoms with E-state index in [9.17, 15) is 0 Å². The fourth-order valence-electron chi connectivity index (χ4n) is 1.19. The summed E-state index contributed by atoms with van der Waals surface area (Å²) in [6.07, 6.45) is 1.71. The van der Waals surface area contributed by atoms with Crippen molar-refractivity contribution in [2.24, 2.45) is 0 Å². The van der Waals surface area contributed by atoms with Gasteiger partial charge in [-0.2, -0.15) is 0 Å². The van der Waals surface area contributed by atoms with Gasteiger partial charge < -0.3 is 5.32 Å². The topological polar surface area (TPSA) is 24.9 Å². The van der Waals surface area contributed by atoms with Crippen molar-refractivity contribution >= 4 is 76.4 Å². The minimum absolute atomic E-state index is 0.470. The van der Waals surface area contributed by atoms with Crippen molar-refractivity contribution in [2.75, 3.05) is 5.32 Å². The number of pyridine rings is 1. The Morgan fingerprint density at radius 1 is 1.24 bits per heavy atom. The van der Waals surface area contributed by atoms with Crippen molar-refractivity contribution in [3.63, 3.8) is 0 Å². The quantitative estimate of drug-likeness (QED) is 0.594. The van der Waals surface area contributed by atoms with Crippen LogP contribution in [-0.2, 0) is 6.54 Å². The molecule has 0 fully saturated rings. The minimum Gasteiger partial charge on any atom is -0.379 e. The molecule has 2 rings (SSSR count). The van der Waals surface area contributed by atoms with Gasteiger partial charge in [-0.05, 0) is 59.9 Å². The molecule has 90 valence electrons. The first-order chi connectivity index (χ1) is 8.06. The smallest absolute Gasteiger partial charge is 0.143 e. The molecule has 0 aliphatic rings. The van der Waals surface area contributed by atoms with Gasteiger partial charge in [-0.25, -0.2) is 4.98 Å². The molecule has 2 aromatic rings. The number of nitrogens with zero attached hydrogens (tertiary/aromatic N) is 1. The summed E-state index contributed by atoms with van der Waals surface area (Å²) in [5, 5.41) is 3.76. The highest BCUT2D eigenvalue weighted by Gasteiger charge is 2.05. The first-order valence-corrected chi connectivity index (χ1v) is 8.12. The average Bonchev–Trinajstić information content (AvgIpc) is 2.60. The van der Waals surface area contributed by atoms with E-state index in [1.54, 1.807) is 17.5 Å². The Kier molecular flexibility index (Phi) is 4.88. The molecule has 2 aromatic heterocycles. The van der Waals surface area contributed by atoms with E-state index in [0.29, 0.717) is 5.15 Å². The maximum absolute atomic E-state index is 5.83. The fourth-order valence-corrected chi connectivity index (χ4v) is 3.75. The maximum Gasteiger partial charge on any atom is 0.143 e. The SMILES string of the molecule is Clc1ncc(NCc2cc(Br)c(Br)s2)cc1Br. The van der Waals surface area contributed by atoms with E-state index in [1.807, 2.05) is 6.07 Å². The van der Waals surface area contributed by atoms with Gasteiger partial charge >= 0.3 is 0 Å². The Morgan fingerprint density at radius 3 is 2.59 bits per heavy atom. The van der Waals surface area contributed by atoms with Crippen molar-refractivity contribution in [2.45, 2.75) is 6.54 Å². The molecule has 7 heteroatoms. The summed E-state index contributed by atoms with van der Waals surface area (Å²) < 4.78 is 2.97. The standard InChI is InChI=1S/C10H6Br3ClN2S/c11-7-2-6(17-9(7)13)4-15-5-1-8(12)10(14)16-3-5/h1-3,15H,4H2. The lowest BCUT2D eigenvalue weighted by molar-refractivity contribution is 1.17. The molecule has 0 aliphatic carbocycles. The van der Waals surface area contributed by atoms with Crippen LogP contribution in [0.3, 0.4) is 0 Å². The summed E-state index contributed by atoms with van der Waals surface area (Å²) in [5.74, 6) is 0. The summed E-state index contributed by atoms with van der Waals surface area (Å²) in [5.41, 5.74) is 0.932. The molecule has 1 N–H and O–H groups in total. The second-order valence-electron chi connectivity index (χ2n) is 3.18. The number of thiophene rings is 1. The van der Waals surface area contributed by atoms with Crippen LogP contribution >= 0.6 is 70.7 Å². The third-order valence-electron chi connectivity index (χ3n) is 1.96. The van der Waals surface area contributed by atoms with Gasteiger partial charge in [0.1, 0.15) is 5.15 Å². The van der Waals surface area contributed by atoms with E-state index < -0.39 is 0 Å². The Bertz CT molecular complexity index is 525. The summed E-state index contributed by atoms with van der Waals surface area (Å²) in [7, 11) is 0. The van der Waals surface area contributed by atoms with Gasteiger partial charge in [-0.3, -0.25) is 0 Å². The molecular weight excluding hydrogens is 455 g/mol. The highest BCUT2D eigenvalue weighted by Crippen LogP contribution is 2.32. The van der Waals surface area contributed by atoms with E-state index in [0.717, 1.165) is 25.0 Å². The number of anilines is 1. The second-order valence-corrected chi connectivity index (χ2v) is 7.71. The van der Waals surface area contributed by atoms with Crippen molar-refractivity contribution in [3.05, 3.63) is 41.1 Å². The van der Waals surface area contributed by atoms with Gasteiger partial charge in [0.05, 0.1) is 20.1 Å². The van der Waals surface area contributed by atoms with Crippen LogP contribution in [0, 0.1) is 0 Å². The fraction of sp³-hybridized carbons (Fsp3) is 0.100. The normalized spacial score (nSPS) is 10.6. The summed E-state index contributed by atoms with van der Waals surface area (Å²) in [6, 6.07) is 3.99. The highest BCUT2D eigenvalue weighted by atomic mass is 79.9. The lowest BCUT2D eigenvalue weighted by Gasteiger charge is -2.05. The lowest BCUT2D eigenvalue weighted by atomic mass is 10.4. The minimum atomic E-state index is 0.470. The summed E-state index contributed by atoms with van der Waals surface area (Å²) in [6.45, 7) is 0.755. The van der Waals surface area contributed by atoms with Gasteiger partial charge in [0, 0.05) is 15.9 Å². The van der Waals surface area contributed by atoms with Crippen LogP contribution < -0.4 is 5.32 Å². The molecule has 0 spiro atoms. The molecule has 17 heavy (non-hydrogen) atoms. The molecule has 2 heterocycles.